The van der Waals surface area contributed by atoms with Gasteiger partial charge in [0, 0.05) is 16.8 Å². The van der Waals surface area contributed by atoms with Crippen molar-refractivity contribution in [2.45, 2.75) is 4.90 Å². The SMILES string of the molecule is O=C(Nc1sc(Oc2cccnc2)nc1-c1ccccc1)NS(=O)(=O)c1ccc(Cl)cc1. The van der Waals surface area contributed by atoms with Crippen LogP contribution in [0.5, 0.6) is 10.9 Å². The van der Waals surface area contributed by atoms with E-state index in [9.17, 15) is 13.2 Å². The monoisotopic (exact) mass is 486 g/mol. The van der Waals surface area contributed by atoms with Crippen LogP contribution in [-0.2, 0) is 10.0 Å². The number of aromatic nitrogens is 2. The van der Waals surface area contributed by atoms with E-state index in [2.05, 4.69) is 15.3 Å². The maximum Gasteiger partial charge on any atom is 0.333 e. The highest BCUT2D eigenvalue weighted by molar-refractivity contribution is 7.90. The Balaban J connectivity index is 1.58. The van der Waals surface area contributed by atoms with Crippen LogP contribution >= 0.6 is 22.9 Å². The molecule has 4 rings (SSSR count). The summed E-state index contributed by atoms with van der Waals surface area (Å²) in [7, 11) is -4.09. The lowest BCUT2D eigenvalue weighted by Crippen LogP contribution is -2.34. The number of nitrogens with one attached hydrogen (secondary N) is 2. The van der Waals surface area contributed by atoms with Crippen molar-refractivity contribution in [3.8, 4) is 22.2 Å². The first-order chi connectivity index (χ1) is 15.4. The number of thiazole rings is 1. The lowest BCUT2D eigenvalue weighted by molar-refractivity contribution is 0.256. The number of pyridine rings is 1. The van der Waals surface area contributed by atoms with Crippen LogP contribution in [0.4, 0.5) is 9.80 Å². The lowest BCUT2D eigenvalue weighted by Gasteiger charge is -2.08. The number of halogens is 1. The highest BCUT2D eigenvalue weighted by atomic mass is 35.5. The average molecular weight is 487 g/mol. The first kappa shape index (κ1) is 21.8. The molecule has 0 saturated heterocycles. The van der Waals surface area contributed by atoms with Crippen LogP contribution in [0.1, 0.15) is 0 Å². The number of urea groups is 1. The molecule has 4 aromatic rings. The summed E-state index contributed by atoms with van der Waals surface area (Å²) in [6, 6.07) is 17.1. The van der Waals surface area contributed by atoms with Crippen molar-refractivity contribution in [2.75, 3.05) is 5.32 Å². The molecular weight excluding hydrogens is 472 g/mol. The average Bonchev–Trinajstić information content (AvgIpc) is 3.16. The molecule has 0 atom stereocenters. The molecule has 2 amide bonds. The predicted molar refractivity (Wildman–Crippen MR) is 123 cm³/mol. The Kier molecular flexibility index (Phi) is 6.35. The van der Waals surface area contributed by atoms with Crippen LogP contribution in [0, 0.1) is 0 Å². The Labute approximate surface area is 192 Å². The molecule has 0 aliphatic heterocycles. The van der Waals surface area contributed by atoms with Gasteiger partial charge in [-0.2, -0.15) is 0 Å². The van der Waals surface area contributed by atoms with Crippen LogP contribution < -0.4 is 14.8 Å². The number of sulfonamides is 1. The van der Waals surface area contributed by atoms with Gasteiger partial charge in [-0.25, -0.2) is 22.9 Å². The molecule has 162 valence electrons. The van der Waals surface area contributed by atoms with Crippen LogP contribution in [-0.4, -0.2) is 24.4 Å². The zero-order valence-corrected chi connectivity index (χ0v) is 18.6. The van der Waals surface area contributed by atoms with Crippen molar-refractivity contribution >= 4 is 44.0 Å². The van der Waals surface area contributed by atoms with Crippen LogP contribution in [0.15, 0.2) is 84.0 Å². The molecule has 2 heterocycles. The Morgan fingerprint density at radius 2 is 1.75 bits per heavy atom. The summed E-state index contributed by atoms with van der Waals surface area (Å²) in [6.07, 6.45) is 3.14. The van der Waals surface area contributed by atoms with Crippen LogP contribution in [0.2, 0.25) is 5.02 Å². The summed E-state index contributed by atoms with van der Waals surface area (Å²) >= 11 is 6.85. The molecule has 0 unspecified atom stereocenters. The zero-order chi connectivity index (χ0) is 22.6. The molecule has 0 radical (unpaired) electrons. The third kappa shape index (κ3) is 5.22. The Morgan fingerprint density at radius 1 is 1.00 bits per heavy atom. The van der Waals surface area contributed by atoms with Crippen molar-refractivity contribution in [1.82, 2.24) is 14.7 Å². The van der Waals surface area contributed by atoms with Gasteiger partial charge in [0.2, 0.25) is 0 Å². The molecule has 0 aliphatic rings. The molecule has 0 bridgehead atoms. The standard InChI is InChI=1S/C21H15ClN4O4S2/c22-15-8-10-17(11-9-15)32(28,29)26-20(27)25-19-18(14-5-2-1-3-6-14)24-21(31-19)30-16-7-4-12-23-13-16/h1-13H,(H2,25,26,27). The second kappa shape index (κ2) is 9.35. The van der Waals surface area contributed by atoms with Gasteiger partial charge < -0.3 is 4.74 Å². The van der Waals surface area contributed by atoms with E-state index < -0.39 is 16.1 Å². The van der Waals surface area contributed by atoms with Crippen molar-refractivity contribution in [3.05, 3.63) is 84.1 Å². The number of carbonyl (C=O) groups is 1. The summed E-state index contributed by atoms with van der Waals surface area (Å²) in [5.74, 6) is 0.474. The largest absolute Gasteiger partial charge is 0.429 e. The number of benzene rings is 2. The summed E-state index contributed by atoms with van der Waals surface area (Å²) in [5.41, 5.74) is 1.16. The van der Waals surface area contributed by atoms with Gasteiger partial charge in [-0.05, 0) is 36.4 Å². The molecule has 32 heavy (non-hydrogen) atoms. The van der Waals surface area contributed by atoms with Gasteiger partial charge in [-0.1, -0.05) is 53.3 Å². The Bertz CT molecular complexity index is 1330. The van der Waals surface area contributed by atoms with Gasteiger partial charge in [0.15, 0.2) is 0 Å². The predicted octanol–water partition coefficient (Wildman–Crippen LogP) is 5.16. The fourth-order valence-corrected chi connectivity index (χ4v) is 4.54. The van der Waals surface area contributed by atoms with E-state index in [1.54, 1.807) is 18.3 Å². The minimum absolute atomic E-state index is 0.0924. The minimum Gasteiger partial charge on any atom is -0.429 e. The quantitative estimate of drug-likeness (QED) is 0.389. The topological polar surface area (TPSA) is 110 Å². The third-order valence-corrected chi connectivity index (χ3v) is 6.52. The second-order valence-electron chi connectivity index (χ2n) is 6.33. The van der Waals surface area contributed by atoms with Crippen molar-refractivity contribution < 1.29 is 17.9 Å². The number of carbonyl (C=O) groups excluding carboxylic acids is 1. The number of ether oxygens (including phenoxy) is 1. The fourth-order valence-electron chi connectivity index (χ4n) is 2.65. The fraction of sp³-hybridized carbons (Fsp3) is 0. The van der Waals surface area contributed by atoms with Crippen molar-refractivity contribution in [1.29, 1.82) is 0 Å². The smallest absolute Gasteiger partial charge is 0.333 e. The van der Waals surface area contributed by atoms with E-state index in [1.165, 1.54) is 30.5 Å². The van der Waals surface area contributed by atoms with Crippen LogP contribution in [0.3, 0.4) is 0 Å². The summed E-state index contributed by atoms with van der Waals surface area (Å²) in [6.45, 7) is 0. The number of rotatable bonds is 6. The third-order valence-electron chi connectivity index (χ3n) is 4.07. The van der Waals surface area contributed by atoms with E-state index in [-0.39, 0.29) is 10.1 Å². The molecule has 0 aliphatic carbocycles. The molecule has 2 N–H and O–H groups in total. The van der Waals surface area contributed by atoms with E-state index >= 15 is 0 Å². The maximum atomic E-state index is 12.5. The van der Waals surface area contributed by atoms with Crippen molar-refractivity contribution in [3.63, 3.8) is 0 Å². The molecule has 8 nitrogen and oxygen atoms in total. The normalized spacial score (nSPS) is 11.0. The summed E-state index contributed by atoms with van der Waals surface area (Å²) < 4.78 is 32.7. The van der Waals surface area contributed by atoms with Gasteiger partial charge in [-0.3, -0.25) is 10.3 Å². The number of amides is 2. The summed E-state index contributed by atoms with van der Waals surface area (Å²) in [4.78, 5) is 20.9. The molecule has 11 heteroatoms. The number of hydrogen-bond donors (Lipinski definition) is 2. The van der Waals surface area contributed by atoms with E-state index in [4.69, 9.17) is 16.3 Å². The summed E-state index contributed by atoms with van der Waals surface area (Å²) in [5, 5.41) is 3.51. The molecule has 0 saturated carbocycles. The van der Waals surface area contributed by atoms with Gasteiger partial charge in [0.05, 0.1) is 11.1 Å². The molecule has 0 spiro atoms. The van der Waals surface area contributed by atoms with Gasteiger partial charge in [-0.15, -0.1) is 0 Å². The highest BCUT2D eigenvalue weighted by Gasteiger charge is 2.21. The van der Waals surface area contributed by atoms with Crippen molar-refractivity contribution in [2.24, 2.45) is 0 Å². The molecule has 0 fully saturated rings. The molecular formula is C21H15ClN4O4S2. The molecule has 2 aromatic heterocycles. The first-order valence-corrected chi connectivity index (χ1v) is 11.8. The molecule has 2 aromatic carbocycles. The highest BCUT2D eigenvalue weighted by Crippen LogP contribution is 2.38. The number of hydrogen-bond acceptors (Lipinski definition) is 7. The van der Waals surface area contributed by atoms with E-state index in [0.29, 0.717) is 21.5 Å². The van der Waals surface area contributed by atoms with E-state index in [0.717, 1.165) is 16.9 Å². The Hall–Kier alpha value is -3.47. The van der Waals surface area contributed by atoms with Gasteiger partial charge >= 0.3 is 6.03 Å². The Morgan fingerprint density at radius 3 is 2.44 bits per heavy atom. The van der Waals surface area contributed by atoms with Gasteiger partial charge in [0.1, 0.15) is 16.4 Å². The lowest BCUT2D eigenvalue weighted by atomic mass is 10.2. The first-order valence-electron chi connectivity index (χ1n) is 9.14. The number of nitrogens with zero attached hydrogens (tertiary/aromatic N) is 2. The minimum atomic E-state index is -4.09. The van der Waals surface area contributed by atoms with Gasteiger partial charge in [0.25, 0.3) is 15.2 Å². The zero-order valence-electron chi connectivity index (χ0n) is 16.2. The van der Waals surface area contributed by atoms with Crippen LogP contribution in [0.25, 0.3) is 11.3 Å². The van der Waals surface area contributed by atoms with E-state index in [1.807, 2.05) is 35.1 Å². The number of anilines is 1. The second-order valence-corrected chi connectivity index (χ2v) is 9.41. The maximum absolute atomic E-state index is 12.5.